The van der Waals surface area contributed by atoms with Crippen molar-refractivity contribution in [1.82, 2.24) is 0 Å². The first-order valence-electron chi connectivity index (χ1n) is 3.01. The molecule has 0 aliphatic rings. The Kier molecular flexibility index (Phi) is 4.09. The lowest BCUT2D eigenvalue weighted by molar-refractivity contribution is -0.552. The van der Waals surface area contributed by atoms with Crippen LogP contribution in [0.4, 0.5) is 4.39 Å². The zero-order valence-corrected chi connectivity index (χ0v) is 5.95. The molecule has 0 aliphatic heterocycles. The molecule has 1 atom stereocenters. The normalized spacial score (nSPS) is 12.2. The van der Waals surface area contributed by atoms with Gasteiger partial charge in [-0.1, -0.05) is 0 Å². The summed E-state index contributed by atoms with van der Waals surface area (Å²) in [7, 11) is 0. The molecule has 0 aromatic rings. The zero-order valence-electron chi connectivity index (χ0n) is 5.95. The highest BCUT2D eigenvalue weighted by Crippen LogP contribution is 1.99. The van der Waals surface area contributed by atoms with E-state index in [1.165, 1.54) is 6.92 Å². The molecule has 0 N–H and O–H groups in total. The van der Waals surface area contributed by atoms with Gasteiger partial charge in [-0.2, -0.15) is 4.39 Å². The van der Waals surface area contributed by atoms with Crippen molar-refractivity contribution < 1.29 is 18.8 Å². The molecule has 5 nitrogen and oxygen atoms in total. The van der Waals surface area contributed by atoms with E-state index < -0.39 is 23.6 Å². The minimum absolute atomic E-state index is 0.100. The average molecular weight is 165 g/mol. The first kappa shape index (κ1) is 9.80. The minimum Gasteiger partial charge on any atom is -0.466 e. The first-order valence-corrected chi connectivity index (χ1v) is 3.01. The highest BCUT2D eigenvalue weighted by Gasteiger charge is 2.22. The molecule has 0 spiro atoms. The van der Waals surface area contributed by atoms with Crippen LogP contribution in [0.25, 0.3) is 0 Å². The van der Waals surface area contributed by atoms with Crippen molar-refractivity contribution in [3.8, 4) is 0 Å². The summed E-state index contributed by atoms with van der Waals surface area (Å²) in [5.41, 5.74) is 0. The fourth-order valence-corrected chi connectivity index (χ4v) is 0.432. The average Bonchev–Trinajstić information content (AvgIpc) is 1.87. The van der Waals surface area contributed by atoms with E-state index in [0.717, 1.165) is 0 Å². The maximum absolute atomic E-state index is 12.1. The highest BCUT2D eigenvalue weighted by molar-refractivity contribution is 5.69. The highest BCUT2D eigenvalue weighted by atomic mass is 19.1. The Hall–Kier alpha value is -1.20. The Morgan fingerprint density at radius 1 is 1.82 bits per heavy atom. The van der Waals surface area contributed by atoms with Crippen LogP contribution in [0.5, 0.6) is 0 Å². The molecule has 0 aromatic carbocycles. The van der Waals surface area contributed by atoms with Crippen LogP contribution in [0.2, 0.25) is 0 Å². The van der Waals surface area contributed by atoms with E-state index >= 15 is 0 Å². The molecule has 6 heteroatoms. The second kappa shape index (κ2) is 4.59. The Morgan fingerprint density at radius 2 is 2.36 bits per heavy atom. The van der Waals surface area contributed by atoms with Gasteiger partial charge in [-0.25, -0.2) is 0 Å². The smallest absolute Gasteiger partial charge is 0.360 e. The van der Waals surface area contributed by atoms with E-state index in [1.54, 1.807) is 0 Å². The molecule has 64 valence electrons. The van der Waals surface area contributed by atoms with Crippen LogP contribution in [0, 0.1) is 10.1 Å². The van der Waals surface area contributed by atoms with Gasteiger partial charge in [0.1, 0.15) is 6.42 Å². The molecule has 0 fully saturated rings. The number of carbonyl (C=O) groups excluding carboxylic acids is 1. The number of rotatable bonds is 4. The zero-order chi connectivity index (χ0) is 8.85. The van der Waals surface area contributed by atoms with Crippen molar-refractivity contribution >= 4 is 5.97 Å². The summed E-state index contributed by atoms with van der Waals surface area (Å²) in [4.78, 5) is 18.9. The SMILES string of the molecule is CCOC(=O)CC(F)[N+](=O)[O-]. The first-order chi connectivity index (χ1) is 5.07. The lowest BCUT2D eigenvalue weighted by atomic mass is 10.4. The van der Waals surface area contributed by atoms with Crippen molar-refractivity contribution in [2.45, 2.75) is 19.6 Å². The fraction of sp³-hybridized carbons (Fsp3) is 0.800. The molecule has 0 radical (unpaired) electrons. The van der Waals surface area contributed by atoms with E-state index in [0.29, 0.717) is 0 Å². The number of halogens is 1. The molecular formula is C5H8FNO4. The number of hydrogen-bond donors (Lipinski definition) is 0. The number of ether oxygens (including phenoxy) is 1. The van der Waals surface area contributed by atoms with Gasteiger partial charge in [-0.15, -0.1) is 0 Å². The Morgan fingerprint density at radius 3 is 2.73 bits per heavy atom. The van der Waals surface area contributed by atoms with E-state index in [9.17, 15) is 19.3 Å². The van der Waals surface area contributed by atoms with Gasteiger partial charge in [0.2, 0.25) is 0 Å². The fourth-order valence-electron chi connectivity index (χ4n) is 0.432. The van der Waals surface area contributed by atoms with Gasteiger partial charge in [0.15, 0.2) is 0 Å². The van der Waals surface area contributed by atoms with Crippen molar-refractivity contribution in [1.29, 1.82) is 0 Å². The predicted octanol–water partition coefficient (Wildman–Crippen LogP) is 0.512. The number of carbonyl (C=O) groups is 1. The molecule has 1 unspecified atom stereocenters. The van der Waals surface area contributed by atoms with Crippen LogP contribution in [0.3, 0.4) is 0 Å². The summed E-state index contributed by atoms with van der Waals surface area (Å²) in [6.45, 7) is 1.64. The van der Waals surface area contributed by atoms with Crippen molar-refractivity contribution in [3.05, 3.63) is 10.1 Å². The lowest BCUT2D eigenvalue weighted by Crippen LogP contribution is -2.19. The van der Waals surface area contributed by atoms with Crippen molar-refractivity contribution in [2.75, 3.05) is 6.61 Å². The maximum atomic E-state index is 12.1. The third-order valence-corrected chi connectivity index (χ3v) is 0.869. The molecule has 0 aliphatic carbocycles. The minimum atomic E-state index is -2.35. The Balaban J connectivity index is 3.66. The quantitative estimate of drug-likeness (QED) is 0.263. The predicted molar refractivity (Wildman–Crippen MR) is 33.1 cm³/mol. The van der Waals surface area contributed by atoms with Gasteiger partial charge >= 0.3 is 12.3 Å². The topological polar surface area (TPSA) is 69.4 Å². The Bertz CT molecular complexity index is 161. The molecule has 0 aromatic heterocycles. The van der Waals surface area contributed by atoms with Crippen LogP contribution in [0.15, 0.2) is 0 Å². The van der Waals surface area contributed by atoms with E-state index in [1.807, 2.05) is 0 Å². The monoisotopic (exact) mass is 165 g/mol. The van der Waals surface area contributed by atoms with Crippen LogP contribution in [-0.4, -0.2) is 23.8 Å². The second-order valence-electron chi connectivity index (χ2n) is 1.73. The van der Waals surface area contributed by atoms with Gasteiger partial charge in [0.05, 0.1) is 11.5 Å². The third kappa shape index (κ3) is 4.24. The summed E-state index contributed by atoms with van der Waals surface area (Å²) in [5.74, 6) is -0.892. The van der Waals surface area contributed by atoms with Crippen LogP contribution < -0.4 is 0 Å². The molecule has 0 heterocycles. The van der Waals surface area contributed by atoms with Gasteiger partial charge < -0.3 is 4.74 Å². The van der Waals surface area contributed by atoms with E-state index in [2.05, 4.69) is 4.74 Å². The third-order valence-electron chi connectivity index (χ3n) is 0.869. The van der Waals surface area contributed by atoms with Crippen LogP contribution in [0.1, 0.15) is 13.3 Å². The number of nitro groups is 1. The van der Waals surface area contributed by atoms with Gasteiger partial charge in [-0.3, -0.25) is 14.9 Å². The molecule has 0 saturated heterocycles. The summed E-state index contributed by atoms with van der Waals surface area (Å²) in [5, 5.41) is 9.66. The molecule has 0 saturated carbocycles. The maximum Gasteiger partial charge on any atom is 0.360 e. The number of nitrogens with zero attached hydrogens (tertiary/aromatic N) is 1. The van der Waals surface area contributed by atoms with Crippen molar-refractivity contribution in [2.24, 2.45) is 0 Å². The summed E-state index contributed by atoms with van der Waals surface area (Å²) in [6, 6.07) is 0. The van der Waals surface area contributed by atoms with Crippen LogP contribution >= 0.6 is 0 Å². The lowest BCUT2D eigenvalue weighted by Gasteiger charge is -1.99. The number of esters is 1. The summed E-state index contributed by atoms with van der Waals surface area (Å²) in [6.07, 6.45) is -3.17. The molecule has 0 rings (SSSR count). The molecule has 0 amide bonds. The summed E-state index contributed by atoms with van der Waals surface area (Å²) < 4.78 is 16.4. The number of alkyl halides is 1. The standard InChI is InChI=1S/C5H8FNO4/c1-2-11-5(8)3-4(6)7(9)10/h4H,2-3H2,1H3. The van der Waals surface area contributed by atoms with Gasteiger partial charge in [-0.05, 0) is 6.92 Å². The van der Waals surface area contributed by atoms with Gasteiger partial charge in [0.25, 0.3) is 0 Å². The van der Waals surface area contributed by atoms with E-state index in [4.69, 9.17) is 0 Å². The Labute approximate surface area is 62.3 Å². The van der Waals surface area contributed by atoms with Crippen molar-refractivity contribution in [3.63, 3.8) is 0 Å². The molecule has 0 bridgehead atoms. The van der Waals surface area contributed by atoms with Crippen LogP contribution in [-0.2, 0) is 9.53 Å². The van der Waals surface area contributed by atoms with Gasteiger partial charge in [0, 0.05) is 0 Å². The summed E-state index contributed by atoms with van der Waals surface area (Å²) >= 11 is 0. The molecular weight excluding hydrogens is 157 g/mol. The largest absolute Gasteiger partial charge is 0.466 e. The number of hydrogen-bond acceptors (Lipinski definition) is 4. The second-order valence-corrected chi connectivity index (χ2v) is 1.73. The molecule has 11 heavy (non-hydrogen) atoms. The van der Waals surface area contributed by atoms with E-state index in [-0.39, 0.29) is 6.61 Å².